The molecule has 90 valence electrons. The van der Waals surface area contributed by atoms with Gasteiger partial charge in [-0.05, 0) is 31.0 Å². The summed E-state index contributed by atoms with van der Waals surface area (Å²) in [6.07, 6.45) is 1.05. The van der Waals surface area contributed by atoms with Crippen LogP contribution in [-0.2, 0) is 13.5 Å². The Morgan fingerprint density at radius 1 is 1.29 bits per heavy atom. The Kier molecular flexibility index (Phi) is 3.04. The maximum absolute atomic E-state index is 5.96. The second kappa shape index (κ2) is 4.49. The maximum Gasteiger partial charge on any atom is 0.152 e. The Labute approximate surface area is 101 Å². The Bertz CT molecular complexity index is 511. The second-order valence-electron chi connectivity index (χ2n) is 4.15. The number of nitrogens with one attached hydrogen (secondary N) is 1. The van der Waals surface area contributed by atoms with Crippen LogP contribution in [0.5, 0.6) is 0 Å². The van der Waals surface area contributed by atoms with E-state index < -0.39 is 0 Å². The van der Waals surface area contributed by atoms with Crippen LogP contribution in [0, 0.1) is 6.92 Å². The van der Waals surface area contributed by atoms with E-state index in [1.54, 1.807) is 4.68 Å². The van der Waals surface area contributed by atoms with Crippen LogP contribution in [0.15, 0.2) is 24.3 Å². The van der Waals surface area contributed by atoms with E-state index in [1.165, 1.54) is 5.56 Å². The van der Waals surface area contributed by atoms with Crippen molar-refractivity contribution in [3.8, 4) is 0 Å². The molecule has 0 saturated carbocycles. The largest absolute Gasteiger partial charge is 0.394 e. The maximum atomic E-state index is 5.96. The standard InChI is InChI=1S/C13H18N4/c1-4-10-5-7-11(8-6-10)15-13-12(14)9(2)16-17(13)3/h5-8,15H,4,14H2,1-3H3. The molecule has 0 aliphatic carbocycles. The van der Waals surface area contributed by atoms with Gasteiger partial charge in [-0.1, -0.05) is 19.1 Å². The molecule has 1 aromatic carbocycles. The summed E-state index contributed by atoms with van der Waals surface area (Å²) >= 11 is 0. The van der Waals surface area contributed by atoms with E-state index in [2.05, 4.69) is 41.6 Å². The molecule has 0 spiro atoms. The van der Waals surface area contributed by atoms with Crippen LogP contribution in [0.3, 0.4) is 0 Å². The highest BCUT2D eigenvalue weighted by Gasteiger charge is 2.09. The van der Waals surface area contributed by atoms with E-state index >= 15 is 0 Å². The SMILES string of the molecule is CCc1ccc(Nc2c(N)c(C)nn2C)cc1. The summed E-state index contributed by atoms with van der Waals surface area (Å²) in [6.45, 7) is 4.05. The third-order valence-electron chi connectivity index (χ3n) is 2.89. The molecule has 2 aromatic rings. The summed E-state index contributed by atoms with van der Waals surface area (Å²) in [5.74, 6) is 0.840. The van der Waals surface area contributed by atoms with E-state index in [1.807, 2.05) is 14.0 Å². The number of hydrogen-bond acceptors (Lipinski definition) is 3. The topological polar surface area (TPSA) is 55.9 Å². The van der Waals surface area contributed by atoms with Crippen molar-refractivity contribution in [2.24, 2.45) is 7.05 Å². The first-order chi connectivity index (χ1) is 8.11. The van der Waals surface area contributed by atoms with E-state index in [0.717, 1.165) is 23.6 Å². The Hall–Kier alpha value is -1.97. The van der Waals surface area contributed by atoms with Gasteiger partial charge in [-0.3, -0.25) is 4.68 Å². The first kappa shape index (κ1) is 11.5. The molecule has 0 aliphatic rings. The second-order valence-corrected chi connectivity index (χ2v) is 4.15. The average molecular weight is 230 g/mol. The van der Waals surface area contributed by atoms with Crippen LogP contribution in [0.4, 0.5) is 17.2 Å². The smallest absolute Gasteiger partial charge is 0.152 e. The molecule has 4 heteroatoms. The minimum Gasteiger partial charge on any atom is -0.394 e. The van der Waals surface area contributed by atoms with Gasteiger partial charge in [-0.15, -0.1) is 0 Å². The molecule has 17 heavy (non-hydrogen) atoms. The number of hydrogen-bond donors (Lipinski definition) is 2. The number of benzene rings is 1. The molecule has 4 nitrogen and oxygen atoms in total. The third kappa shape index (κ3) is 2.25. The number of nitrogens with two attached hydrogens (primary N) is 1. The molecular weight excluding hydrogens is 212 g/mol. The fourth-order valence-electron chi connectivity index (χ4n) is 1.78. The number of anilines is 3. The van der Waals surface area contributed by atoms with Crippen molar-refractivity contribution in [2.45, 2.75) is 20.3 Å². The zero-order valence-corrected chi connectivity index (χ0v) is 10.5. The molecule has 3 N–H and O–H groups in total. The molecule has 0 unspecified atom stereocenters. The number of aromatic nitrogens is 2. The minimum atomic E-state index is 0.701. The first-order valence-electron chi connectivity index (χ1n) is 5.77. The lowest BCUT2D eigenvalue weighted by Crippen LogP contribution is -2.01. The monoisotopic (exact) mass is 230 g/mol. The van der Waals surface area contributed by atoms with Crippen molar-refractivity contribution in [1.29, 1.82) is 0 Å². The Balaban J connectivity index is 2.25. The van der Waals surface area contributed by atoms with Crippen LogP contribution in [-0.4, -0.2) is 9.78 Å². The summed E-state index contributed by atoms with van der Waals surface area (Å²) in [5.41, 5.74) is 9.86. The zero-order chi connectivity index (χ0) is 12.4. The summed E-state index contributed by atoms with van der Waals surface area (Å²) in [7, 11) is 1.88. The van der Waals surface area contributed by atoms with E-state index in [9.17, 15) is 0 Å². The number of nitrogens with zero attached hydrogens (tertiary/aromatic N) is 2. The van der Waals surface area contributed by atoms with Crippen molar-refractivity contribution < 1.29 is 0 Å². The van der Waals surface area contributed by atoms with E-state index in [0.29, 0.717) is 5.69 Å². The average Bonchev–Trinajstić information content (AvgIpc) is 2.57. The number of rotatable bonds is 3. The lowest BCUT2D eigenvalue weighted by atomic mass is 10.1. The van der Waals surface area contributed by atoms with Gasteiger partial charge in [0.05, 0.1) is 11.4 Å². The molecule has 1 aromatic heterocycles. The summed E-state index contributed by atoms with van der Waals surface area (Å²) < 4.78 is 1.76. The van der Waals surface area contributed by atoms with Gasteiger partial charge in [0.15, 0.2) is 5.82 Å². The van der Waals surface area contributed by atoms with Crippen molar-refractivity contribution in [3.63, 3.8) is 0 Å². The molecule has 2 rings (SSSR count). The molecule has 0 radical (unpaired) electrons. The van der Waals surface area contributed by atoms with Crippen molar-refractivity contribution in [2.75, 3.05) is 11.1 Å². The Morgan fingerprint density at radius 3 is 2.41 bits per heavy atom. The van der Waals surface area contributed by atoms with Crippen molar-refractivity contribution in [1.82, 2.24) is 9.78 Å². The highest BCUT2D eigenvalue weighted by molar-refractivity contribution is 5.71. The summed E-state index contributed by atoms with van der Waals surface area (Å²) in [6, 6.07) is 8.34. The van der Waals surface area contributed by atoms with Gasteiger partial charge in [0, 0.05) is 12.7 Å². The molecule has 0 fully saturated rings. The van der Waals surface area contributed by atoms with Crippen molar-refractivity contribution >= 4 is 17.2 Å². The van der Waals surface area contributed by atoms with Gasteiger partial charge in [0.1, 0.15) is 0 Å². The predicted molar refractivity (Wildman–Crippen MR) is 71.5 cm³/mol. The van der Waals surface area contributed by atoms with Gasteiger partial charge in [-0.25, -0.2) is 0 Å². The van der Waals surface area contributed by atoms with Crippen LogP contribution in [0.25, 0.3) is 0 Å². The molecule has 0 atom stereocenters. The molecular formula is C13H18N4. The van der Waals surface area contributed by atoms with Crippen molar-refractivity contribution in [3.05, 3.63) is 35.5 Å². The summed E-state index contributed by atoms with van der Waals surface area (Å²) in [5, 5.41) is 7.56. The van der Waals surface area contributed by atoms with Crippen LogP contribution in [0.2, 0.25) is 0 Å². The molecule has 0 bridgehead atoms. The van der Waals surface area contributed by atoms with Gasteiger partial charge in [0.2, 0.25) is 0 Å². The third-order valence-corrected chi connectivity index (χ3v) is 2.89. The zero-order valence-electron chi connectivity index (χ0n) is 10.5. The molecule has 0 saturated heterocycles. The van der Waals surface area contributed by atoms with Gasteiger partial charge in [0.25, 0.3) is 0 Å². The van der Waals surface area contributed by atoms with E-state index in [-0.39, 0.29) is 0 Å². The minimum absolute atomic E-state index is 0.701. The highest BCUT2D eigenvalue weighted by Crippen LogP contribution is 2.25. The highest BCUT2D eigenvalue weighted by atomic mass is 15.3. The first-order valence-corrected chi connectivity index (χ1v) is 5.77. The molecule has 1 heterocycles. The normalized spacial score (nSPS) is 10.5. The molecule has 0 amide bonds. The lowest BCUT2D eigenvalue weighted by molar-refractivity contribution is 0.765. The quantitative estimate of drug-likeness (QED) is 0.852. The fraction of sp³-hybridized carbons (Fsp3) is 0.308. The number of nitrogen functional groups attached to an aromatic ring is 1. The summed E-state index contributed by atoms with van der Waals surface area (Å²) in [4.78, 5) is 0. The fourth-order valence-corrected chi connectivity index (χ4v) is 1.78. The molecule has 0 aliphatic heterocycles. The van der Waals surface area contributed by atoms with Crippen LogP contribution in [0.1, 0.15) is 18.2 Å². The number of aryl methyl sites for hydroxylation is 3. The predicted octanol–water partition coefficient (Wildman–Crippen LogP) is 2.62. The van der Waals surface area contributed by atoms with Crippen LogP contribution < -0.4 is 11.1 Å². The van der Waals surface area contributed by atoms with Gasteiger partial charge >= 0.3 is 0 Å². The van der Waals surface area contributed by atoms with Gasteiger partial charge < -0.3 is 11.1 Å². The van der Waals surface area contributed by atoms with Crippen LogP contribution >= 0.6 is 0 Å². The van der Waals surface area contributed by atoms with E-state index in [4.69, 9.17) is 5.73 Å². The van der Waals surface area contributed by atoms with Gasteiger partial charge in [-0.2, -0.15) is 5.10 Å². The lowest BCUT2D eigenvalue weighted by Gasteiger charge is -2.08. The Morgan fingerprint density at radius 2 is 1.94 bits per heavy atom.